The first-order valence-electron chi connectivity index (χ1n) is 6.16. The van der Waals surface area contributed by atoms with Gasteiger partial charge >= 0.3 is 0 Å². The van der Waals surface area contributed by atoms with Crippen LogP contribution in [0.4, 0.5) is 0 Å². The van der Waals surface area contributed by atoms with E-state index >= 15 is 0 Å². The molecule has 2 N–H and O–H groups in total. The molecule has 0 bridgehead atoms. The van der Waals surface area contributed by atoms with Crippen LogP contribution in [0.3, 0.4) is 0 Å². The van der Waals surface area contributed by atoms with Crippen LogP contribution in [0.5, 0.6) is 0 Å². The predicted octanol–water partition coefficient (Wildman–Crippen LogP) is 2.81. The summed E-state index contributed by atoms with van der Waals surface area (Å²) < 4.78 is 5.37. The van der Waals surface area contributed by atoms with Crippen molar-refractivity contribution < 1.29 is 4.74 Å². The zero-order valence-electron chi connectivity index (χ0n) is 9.99. The van der Waals surface area contributed by atoms with E-state index in [2.05, 4.69) is 31.2 Å². The third kappa shape index (κ3) is 2.83. The average Bonchev–Trinajstić information content (AvgIpc) is 2.31. The van der Waals surface area contributed by atoms with E-state index in [-0.39, 0.29) is 6.04 Å². The van der Waals surface area contributed by atoms with Crippen molar-refractivity contribution in [3.05, 3.63) is 35.4 Å². The van der Waals surface area contributed by atoms with Crippen LogP contribution in [0.1, 0.15) is 36.4 Å². The number of aryl methyl sites for hydroxylation is 1. The van der Waals surface area contributed by atoms with Crippen molar-refractivity contribution in [1.82, 2.24) is 0 Å². The fourth-order valence-corrected chi connectivity index (χ4v) is 2.47. The monoisotopic (exact) mass is 219 g/mol. The molecule has 1 aliphatic rings. The maximum Gasteiger partial charge on any atom is 0.0468 e. The number of ether oxygens (including phenoxy) is 1. The van der Waals surface area contributed by atoms with Gasteiger partial charge in [0.25, 0.3) is 0 Å². The molecule has 0 spiro atoms. The molecular weight excluding hydrogens is 198 g/mol. The highest BCUT2D eigenvalue weighted by molar-refractivity contribution is 5.28. The van der Waals surface area contributed by atoms with Crippen LogP contribution in [-0.2, 0) is 4.74 Å². The van der Waals surface area contributed by atoms with Crippen LogP contribution < -0.4 is 5.73 Å². The Morgan fingerprint density at radius 2 is 2.00 bits per heavy atom. The molecule has 0 radical (unpaired) electrons. The minimum Gasteiger partial charge on any atom is -0.381 e. The summed E-state index contributed by atoms with van der Waals surface area (Å²) in [6.07, 6.45) is 3.42. The van der Waals surface area contributed by atoms with Gasteiger partial charge in [-0.2, -0.15) is 0 Å². The van der Waals surface area contributed by atoms with Crippen molar-refractivity contribution in [2.24, 2.45) is 11.7 Å². The molecule has 1 saturated heterocycles. The largest absolute Gasteiger partial charge is 0.381 e. The number of nitrogens with two attached hydrogens (primary N) is 1. The lowest BCUT2D eigenvalue weighted by Gasteiger charge is -2.25. The third-order valence-electron chi connectivity index (χ3n) is 3.52. The van der Waals surface area contributed by atoms with Crippen LogP contribution in [-0.4, -0.2) is 13.2 Å². The van der Waals surface area contributed by atoms with Gasteiger partial charge in [-0.15, -0.1) is 0 Å². The Balaban J connectivity index is 1.96. The van der Waals surface area contributed by atoms with Gasteiger partial charge in [0.15, 0.2) is 0 Å². The minimum atomic E-state index is 0.185. The molecule has 16 heavy (non-hydrogen) atoms. The third-order valence-corrected chi connectivity index (χ3v) is 3.52. The van der Waals surface area contributed by atoms with Crippen molar-refractivity contribution in [3.63, 3.8) is 0 Å². The summed E-state index contributed by atoms with van der Waals surface area (Å²) in [7, 11) is 0. The molecule has 1 aromatic carbocycles. The molecule has 1 unspecified atom stereocenters. The summed E-state index contributed by atoms with van der Waals surface area (Å²) in [5.41, 5.74) is 8.89. The fraction of sp³-hybridized carbons (Fsp3) is 0.571. The second-order valence-corrected chi connectivity index (χ2v) is 4.75. The normalized spacial score (nSPS) is 19.6. The first-order chi connectivity index (χ1) is 7.77. The van der Waals surface area contributed by atoms with Crippen molar-refractivity contribution in [3.8, 4) is 0 Å². The van der Waals surface area contributed by atoms with Crippen LogP contribution in [0, 0.1) is 12.8 Å². The van der Waals surface area contributed by atoms with Gasteiger partial charge in [0.2, 0.25) is 0 Å². The highest BCUT2D eigenvalue weighted by Gasteiger charge is 2.18. The van der Waals surface area contributed by atoms with Gasteiger partial charge in [0.05, 0.1) is 0 Å². The molecule has 0 aliphatic carbocycles. The molecule has 0 saturated carbocycles. The zero-order chi connectivity index (χ0) is 11.4. The Labute approximate surface area is 97.8 Å². The molecular formula is C14H21NO. The summed E-state index contributed by atoms with van der Waals surface area (Å²) in [6, 6.07) is 8.62. The first kappa shape index (κ1) is 11.6. The summed E-state index contributed by atoms with van der Waals surface area (Å²) >= 11 is 0. The Morgan fingerprint density at radius 1 is 1.31 bits per heavy atom. The summed E-state index contributed by atoms with van der Waals surface area (Å²) in [4.78, 5) is 0. The van der Waals surface area contributed by atoms with Crippen molar-refractivity contribution in [2.75, 3.05) is 13.2 Å². The highest BCUT2D eigenvalue weighted by atomic mass is 16.5. The Kier molecular flexibility index (Phi) is 3.97. The molecule has 2 rings (SSSR count). The van der Waals surface area contributed by atoms with E-state index in [4.69, 9.17) is 10.5 Å². The topological polar surface area (TPSA) is 35.2 Å². The lowest BCUT2D eigenvalue weighted by atomic mass is 9.88. The lowest BCUT2D eigenvalue weighted by molar-refractivity contribution is 0.0618. The van der Waals surface area contributed by atoms with E-state index in [1.807, 2.05) is 0 Å². The first-order valence-corrected chi connectivity index (χ1v) is 6.16. The maximum absolute atomic E-state index is 6.29. The second kappa shape index (κ2) is 5.46. The van der Waals surface area contributed by atoms with Crippen LogP contribution in [0.25, 0.3) is 0 Å². The maximum atomic E-state index is 6.29. The number of hydrogen-bond donors (Lipinski definition) is 1. The van der Waals surface area contributed by atoms with Crippen LogP contribution >= 0.6 is 0 Å². The Hall–Kier alpha value is -0.860. The van der Waals surface area contributed by atoms with Gasteiger partial charge in [-0.3, -0.25) is 0 Å². The van der Waals surface area contributed by atoms with Gasteiger partial charge in [-0.05, 0) is 43.2 Å². The van der Waals surface area contributed by atoms with Gasteiger partial charge in [-0.25, -0.2) is 0 Å². The minimum absolute atomic E-state index is 0.185. The van der Waals surface area contributed by atoms with Gasteiger partial charge < -0.3 is 10.5 Å². The predicted molar refractivity (Wildman–Crippen MR) is 66.3 cm³/mol. The van der Waals surface area contributed by atoms with E-state index in [0.717, 1.165) is 25.6 Å². The Morgan fingerprint density at radius 3 is 2.69 bits per heavy atom. The van der Waals surface area contributed by atoms with Crippen LogP contribution in [0.2, 0.25) is 0 Å². The van der Waals surface area contributed by atoms with E-state index in [1.165, 1.54) is 24.0 Å². The summed E-state index contributed by atoms with van der Waals surface area (Å²) in [5.74, 6) is 0.739. The second-order valence-electron chi connectivity index (χ2n) is 4.75. The molecule has 0 amide bonds. The molecule has 2 nitrogen and oxygen atoms in total. The SMILES string of the molecule is Cc1ccccc1C(N)CC1CCOCC1. The quantitative estimate of drug-likeness (QED) is 0.848. The molecule has 1 aromatic rings. The molecule has 88 valence electrons. The zero-order valence-corrected chi connectivity index (χ0v) is 9.99. The number of hydrogen-bond acceptors (Lipinski definition) is 2. The van der Waals surface area contributed by atoms with Crippen molar-refractivity contribution in [1.29, 1.82) is 0 Å². The standard InChI is InChI=1S/C14H21NO/c1-11-4-2-3-5-13(11)14(15)10-12-6-8-16-9-7-12/h2-5,12,14H,6-10,15H2,1H3. The lowest BCUT2D eigenvalue weighted by Crippen LogP contribution is -2.22. The van der Waals surface area contributed by atoms with E-state index in [1.54, 1.807) is 0 Å². The molecule has 0 aromatic heterocycles. The average molecular weight is 219 g/mol. The number of rotatable bonds is 3. The van der Waals surface area contributed by atoms with E-state index in [9.17, 15) is 0 Å². The van der Waals surface area contributed by atoms with Crippen LogP contribution in [0.15, 0.2) is 24.3 Å². The highest BCUT2D eigenvalue weighted by Crippen LogP contribution is 2.27. The number of benzene rings is 1. The van der Waals surface area contributed by atoms with Crippen molar-refractivity contribution in [2.45, 2.75) is 32.2 Å². The van der Waals surface area contributed by atoms with Gasteiger partial charge in [0, 0.05) is 19.3 Å². The fourth-order valence-electron chi connectivity index (χ4n) is 2.47. The smallest absolute Gasteiger partial charge is 0.0468 e. The van der Waals surface area contributed by atoms with E-state index < -0.39 is 0 Å². The molecule has 1 aliphatic heterocycles. The molecule has 1 atom stereocenters. The molecule has 1 fully saturated rings. The van der Waals surface area contributed by atoms with Crippen molar-refractivity contribution >= 4 is 0 Å². The van der Waals surface area contributed by atoms with E-state index in [0.29, 0.717) is 0 Å². The molecule has 1 heterocycles. The summed E-state index contributed by atoms with van der Waals surface area (Å²) in [6.45, 7) is 3.95. The molecule has 2 heteroatoms. The summed E-state index contributed by atoms with van der Waals surface area (Å²) in [5, 5.41) is 0. The van der Waals surface area contributed by atoms with Gasteiger partial charge in [0.1, 0.15) is 0 Å². The van der Waals surface area contributed by atoms with Gasteiger partial charge in [-0.1, -0.05) is 24.3 Å². The Bertz CT molecular complexity index is 331.